The number of benzene rings is 2. The second kappa shape index (κ2) is 8.10. The maximum atomic E-state index is 6.05. The van der Waals surface area contributed by atoms with Crippen LogP contribution in [0.15, 0.2) is 70.6 Å². The topological polar surface area (TPSA) is 69.2 Å². The molecule has 0 bridgehead atoms. The molecule has 2 aromatic rings. The van der Waals surface area contributed by atoms with Crippen LogP contribution in [0.25, 0.3) is 0 Å². The number of para-hydroxylation sites is 2. The zero-order valence-electron chi connectivity index (χ0n) is 14.5. The minimum atomic E-state index is -0.335. The molecule has 1 saturated heterocycles. The number of hydrogen-bond donors (Lipinski definition) is 2. The third-order valence-electron chi connectivity index (χ3n) is 4.42. The first-order chi connectivity index (χ1) is 12.3. The van der Waals surface area contributed by atoms with Gasteiger partial charge in [0.2, 0.25) is 18.2 Å². The summed E-state index contributed by atoms with van der Waals surface area (Å²) < 4.78 is 0. The van der Waals surface area contributed by atoms with Gasteiger partial charge < -0.3 is 16.0 Å². The molecule has 0 spiro atoms. The van der Waals surface area contributed by atoms with Gasteiger partial charge in [0.25, 0.3) is 0 Å². The molecule has 136 valence electrons. The molecule has 0 aliphatic carbocycles. The smallest absolute Gasteiger partial charge is 0.222 e. The summed E-state index contributed by atoms with van der Waals surface area (Å²) in [5.74, 6) is 1.17. The SMILES string of the molecule is Cl.NC1=NC(Nc2ccccc2)N(c2ccccc2)C(N2CCCC2)=N1. The lowest BCUT2D eigenvalue weighted by molar-refractivity contribution is 0.497. The summed E-state index contributed by atoms with van der Waals surface area (Å²) in [6.45, 7) is 1.99. The minimum absolute atomic E-state index is 0. The standard InChI is InChI=1S/C19H22N6.ClH/c20-17-22-18(21-15-9-3-1-4-10-15)25(16-11-5-2-6-12-16)19(23-17)24-13-7-8-14-24;/h1-6,9-12,18,21H,7-8,13-14H2,(H2,20,22);1H. The second-order valence-electron chi connectivity index (χ2n) is 6.18. The molecule has 26 heavy (non-hydrogen) atoms. The van der Waals surface area contributed by atoms with Crippen LogP contribution in [0.4, 0.5) is 11.4 Å². The van der Waals surface area contributed by atoms with E-state index in [4.69, 9.17) is 5.73 Å². The van der Waals surface area contributed by atoms with Crippen LogP contribution in [-0.2, 0) is 0 Å². The molecule has 0 radical (unpaired) electrons. The number of nitrogens with zero attached hydrogens (tertiary/aromatic N) is 4. The number of hydrogen-bond acceptors (Lipinski definition) is 6. The van der Waals surface area contributed by atoms with Crippen LogP contribution in [0, 0.1) is 0 Å². The number of rotatable bonds is 3. The Bertz CT molecular complexity index is 771. The summed E-state index contributed by atoms with van der Waals surface area (Å²) >= 11 is 0. The lowest BCUT2D eigenvalue weighted by Gasteiger charge is -2.38. The van der Waals surface area contributed by atoms with E-state index >= 15 is 0 Å². The maximum Gasteiger partial charge on any atom is 0.222 e. The van der Waals surface area contributed by atoms with Gasteiger partial charge in [-0.15, -0.1) is 12.4 Å². The fraction of sp³-hybridized carbons (Fsp3) is 0.263. The molecule has 2 aromatic carbocycles. The molecular formula is C19H23ClN6. The van der Waals surface area contributed by atoms with E-state index in [1.54, 1.807) is 0 Å². The molecule has 6 nitrogen and oxygen atoms in total. The van der Waals surface area contributed by atoms with Gasteiger partial charge in [-0.25, -0.2) is 4.99 Å². The van der Waals surface area contributed by atoms with Crippen LogP contribution >= 0.6 is 12.4 Å². The van der Waals surface area contributed by atoms with Crippen molar-refractivity contribution in [3.8, 4) is 0 Å². The van der Waals surface area contributed by atoms with Crippen LogP contribution in [-0.4, -0.2) is 36.2 Å². The first-order valence-electron chi connectivity index (χ1n) is 8.64. The van der Waals surface area contributed by atoms with Crippen molar-refractivity contribution in [3.05, 3.63) is 60.7 Å². The summed E-state index contributed by atoms with van der Waals surface area (Å²) in [6, 6.07) is 20.3. The molecule has 1 atom stereocenters. The van der Waals surface area contributed by atoms with Crippen molar-refractivity contribution in [1.82, 2.24) is 4.90 Å². The van der Waals surface area contributed by atoms with Gasteiger partial charge in [0.1, 0.15) is 0 Å². The largest absolute Gasteiger partial charge is 0.368 e. The van der Waals surface area contributed by atoms with E-state index in [2.05, 4.69) is 37.2 Å². The first-order valence-corrected chi connectivity index (χ1v) is 8.64. The number of anilines is 2. The van der Waals surface area contributed by atoms with E-state index in [1.807, 2.05) is 48.5 Å². The van der Waals surface area contributed by atoms with Crippen LogP contribution < -0.4 is 16.0 Å². The Kier molecular flexibility index (Phi) is 5.63. The fourth-order valence-corrected chi connectivity index (χ4v) is 3.24. The van der Waals surface area contributed by atoms with Gasteiger partial charge in [-0.3, -0.25) is 4.90 Å². The first kappa shape index (κ1) is 18.1. The molecule has 0 aromatic heterocycles. The highest BCUT2D eigenvalue weighted by atomic mass is 35.5. The number of aliphatic imine (C=N–C) groups is 2. The van der Waals surface area contributed by atoms with Crippen molar-refractivity contribution >= 4 is 35.7 Å². The van der Waals surface area contributed by atoms with Crippen molar-refractivity contribution in [1.29, 1.82) is 0 Å². The lowest BCUT2D eigenvalue weighted by atomic mass is 10.2. The van der Waals surface area contributed by atoms with Crippen LogP contribution in [0.2, 0.25) is 0 Å². The molecule has 2 aliphatic heterocycles. The minimum Gasteiger partial charge on any atom is -0.368 e. The fourth-order valence-electron chi connectivity index (χ4n) is 3.24. The molecule has 0 saturated carbocycles. The molecule has 3 N–H and O–H groups in total. The Hall–Kier alpha value is -2.73. The summed E-state index contributed by atoms with van der Waals surface area (Å²) in [6.07, 6.45) is 2.02. The average molecular weight is 371 g/mol. The van der Waals surface area contributed by atoms with E-state index in [-0.39, 0.29) is 18.7 Å². The van der Waals surface area contributed by atoms with E-state index in [0.717, 1.165) is 30.4 Å². The highest BCUT2D eigenvalue weighted by molar-refractivity contribution is 6.06. The zero-order valence-corrected chi connectivity index (χ0v) is 15.3. The van der Waals surface area contributed by atoms with Gasteiger partial charge >= 0.3 is 0 Å². The number of nitrogens with one attached hydrogen (secondary N) is 1. The van der Waals surface area contributed by atoms with Crippen LogP contribution in [0.5, 0.6) is 0 Å². The maximum absolute atomic E-state index is 6.05. The van der Waals surface area contributed by atoms with E-state index in [9.17, 15) is 0 Å². The van der Waals surface area contributed by atoms with E-state index < -0.39 is 0 Å². The number of guanidine groups is 2. The Balaban J connectivity index is 0.00000196. The Morgan fingerprint density at radius 1 is 0.923 bits per heavy atom. The molecule has 1 fully saturated rings. The Labute approximate surface area is 159 Å². The highest BCUT2D eigenvalue weighted by Gasteiger charge is 2.32. The van der Waals surface area contributed by atoms with Crippen molar-refractivity contribution in [3.63, 3.8) is 0 Å². The molecule has 2 aliphatic rings. The van der Waals surface area contributed by atoms with Gasteiger partial charge in [0, 0.05) is 24.5 Å². The summed E-state index contributed by atoms with van der Waals surface area (Å²) in [7, 11) is 0. The third kappa shape index (κ3) is 3.75. The van der Waals surface area contributed by atoms with Crippen molar-refractivity contribution in [2.45, 2.75) is 19.1 Å². The van der Waals surface area contributed by atoms with Crippen molar-refractivity contribution < 1.29 is 0 Å². The lowest BCUT2D eigenvalue weighted by Crippen LogP contribution is -2.54. The zero-order chi connectivity index (χ0) is 17.1. The number of likely N-dealkylation sites (tertiary alicyclic amines) is 1. The molecular weight excluding hydrogens is 348 g/mol. The van der Waals surface area contributed by atoms with Gasteiger partial charge in [0.05, 0.1) is 0 Å². The number of halogens is 1. The van der Waals surface area contributed by atoms with Gasteiger partial charge in [0.15, 0.2) is 0 Å². The molecule has 2 heterocycles. The van der Waals surface area contributed by atoms with Gasteiger partial charge in [-0.2, -0.15) is 4.99 Å². The van der Waals surface area contributed by atoms with Gasteiger partial charge in [-0.1, -0.05) is 36.4 Å². The quantitative estimate of drug-likeness (QED) is 0.871. The summed E-state index contributed by atoms with van der Waals surface area (Å²) in [5.41, 5.74) is 8.08. The Morgan fingerprint density at radius 2 is 1.54 bits per heavy atom. The van der Waals surface area contributed by atoms with Crippen molar-refractivity contribution in [2.24, 2.45) is 15.7 Å². The normalized spacial score (nSPS) is 19.5. The van der Waals surface area contributed by atoms with Gasteiger partial charge in [-0.05, 0) is 37.1 Å². The van der Waals surface area contributed by atoms with Crippen molar-refractivity contribution in [2.75, 3.05) is 23.3 Å². The summed E-state index contributed by atoms with van der Waals surface area (Å²) in [4.78, 5) is 13.5. The third-order valence-corrected chi connectivity index (χ3v) is 4.42. The monoisotopic (exact) mass is 370 g/mol. The van der Waals surface area contributed by atoms with E-state index in [0.29, 0.717) is 5.96 Å². The number of nitrogens with two attached hydrogens (primary N) is 1. The van der Waals surface area contributed by atoms with E-state index in [1.165, 1.54) is 12.8 Å². The average Bonchev–Trinajstić information content (AvgIpc) is 3.17. The molecule has 1 unspecified atom stereocenters. The Morgan fingerprint density at radius 3 is 2.19 bits per heavy atom. The molecule has 4 rings (SSSR count). The predicted octanol–water partition coefficient (Wildman–Crippen LogP) is 3.09. The highest BCUT2D eigenvalue weighted by Crippen LogP contribution is 2.25. The molecule has 0 amide bonds. The van der Waals surface area contributed by atoms with Crippen LogP contribution in [0.3, 0.4) is 0 Å². The molecule has 7 heteroatoms. The predicted molar refractivity (Wildman–Crippen MR) is 110 cm³/mol. The summed E-state index contributed by atoms with van der Waals surface area (Å²) in [5, 5.41) is 3.46. The second-order valence-corrected chi connectivity index (χ2v) is 6.18. The van der Waals surface area contributed by atoms with Crippen LogP contribution in [0.1, 0.15) is 12.8 Å².